The van der Waals surface area contributed by atoms with E-state index in [-0.39, 0.29) is 0 Å². The van der Waals surface area contributed by atoms with Gasteiger partial charge in [0.1, 0.15) is 6.04 Å². The number of hydrogen-bond acceptors (Lipinski definition) is 4. The number of aryl methyl sites for hydroxylation is 1. The van der Waals surface area contributed by atoms with Crippen molar-refractivity contribution in [3.63, 3.8) is 0 Å². The van der Waals surface area contributed by atoms with Gasteiger partial charge in [0, 0.05) is 11.8 Å². The third-order valence-corrected chi connectivity index (χ3v) is 2.63. The van der Waals surface area contributed by atoms with Gasteiger partial charge in [0.05, 0.1) is 0 Å². The lowest BCUT2D eigenvalue weighted by Crippen LogP contribution is -2.30. The first-order valence-electron chi connectivity index (χ1n) is 6.31. The summed E-state index contributed by atoms with van der Waals surface area (Å²) in [6, 6.07) is 7.15. The molecule has 0 spiro atoms. The first-order chi connectivity index (χ1) is 9.08. The van der Waals surface area contributed by atoms with E-state index < -0.39 is 18.0 Å². The van der Waals surface area contributed by atoms with Crippen LogP contribution in [0.1, 0.15) is 26.3 Å². The SMILES string of the molecule is CC=CC(=O)OC(=O)C(C)Nc1ccccc1CC. The Kier molecular flexibility index (Phi) is 5.79. The van der Waals surface area contributed by atoms with E-state index in [2.05, 4.69) is 10.1 Å². The largest absolute Gasteiger partial charge is 0.388 e. The number of hydrogen-bond donors (Lipinski definition) is 1. The molecule has 0 heterocycles. The second kappa shape index (κ2) is 7.36. The molecule has 0 radical (unpaired) electrons. The standard InChI is InChI=1S/C15H19NO3/c1-4-8-14(17)19-15(18)11(3)16-13-10-7-6-9-12(13)5-2/h4,6-11,16H,5H2,1-3H3. The van der Waals surface area contributed by atoms with Gasteiger partial charge in [-0.15, -0.1) is 0 Å². The van der Waals surface area contributed by atoms with Crippen molar-refractivity contribution in [3.05, 3.63) is 42.0 Å². The van der Waals surface area contributed by atoms with Gasteiger partial charge >= 0.3 is 11.9 Å². The maximum absolute atomic E-state index is 11.7. The number of anilines is 1. The Bertz CT molecular complexity index is 480. The Balaban J connectivity index is 2.66. The van der Waals surface area contributed by atoms with E-state index in [0.29, 0.717) is 0 Å². The van der Waals surface area contributed by atoms with Crippen molar-refractivity contribution in [1.29, 1.82) is 0 Å². The van der Waals surface area contributed by atoms with Crippen LogP contribution in [-0.2, 0) is 20.7 Å². The summed E-state index contributed by atoms with van der Waals surface area (Å²) in [7, 11) is 0. The predicted octanol–water partition coefficient (Wildman–Crippen LogP) is 2.70. The minimum atomic E-state index is -0.648. The minimum Gasteiger partial charge on any atom is -0.388 e. The van der Waals surface area contributed by atoms with Crippen molar-refractivity contribution in [2.24, 2.45) is 0 Å². The van der Waals surface area contributed by atoms with E-state index in [1.165, 1.54) is 12.2 Å². The van der Waals surface area contributed by atoms with Crippen molar-refractivity contribution in [3.8, 4) is 0 Å². The smallest absolute Gasteiger partial charge is 0.338 e. The lowest BCUT2D eigenvalue weighted by molar-refractivity contribution is -0.156. The molecule has 1 atom stereocenters. The van der Waals surface area contributed by atoms with Crippen molar-refractivity contribution in [1.82, 2.24) is 0 Å². The van der Waals surface area contributed by atoms with Gasteiger partial charge in [-0.25, -0.2) is 9.59 Å². The quantitative estimate of drug-likeness (QED) is 0.503. The number of nitrogens with one attached hydrogen (secondary N) is 1. The van der Waals surface area contributed by atoms with E-state index in [9.17, 15) is 9.59 Å². The molecule has 0 aliphatic heterocycles. The molecule has 0 saturated heterocycles. The molecule has 1 aromatic carbocycles. The molecule has 1 rings (SSSR count). The van der Waals surface area contributed by atoms with Crippen LogP contribution in [0.3, 0.4) is 0 Å². The fraction of sp³-hybridized carbons (Fsp3) is 0.333. The van der Waals surface area contributed by atoms with Gasteiger partial charge in [0.25, 0.3) is 0 Å². The first kappa shape index (κ1) is 15.0. The van der Waals surface area contributed by atoms with Gasteiger partial charge in [-0.05, 0) is 31.9 Å². The van der Waals surface area contributed by atoms with Crippen LogP contribution in [0.15, 0.2) is 36.4 Å². The number of carbonyl (C=O) groups is 2. The molecule has 1 aromatic rings. The highest BCUT2D eigenvalue weighted by Crippen LogP contribution is 2.16. The average molecular weight is 261 g/mol. The second-order valence-corrected chi connectivity index (χ2v) is 4.12. The minimum absolute atomic E-state index is 0.582. The Labute approximate surface area is 113 Å². The van der Waals surface area contributed by atoms with Crippen LogP contribution in [0, 0.1) is 0 Å². The summed E-state index contributed by atoms with van der Waals surface area (Å²) in [4.78, 5) is 22.9. The molecular formula is C15H19NO3. The molecule has 1 N–H and O–H groups in total. The molecular weight excluding hydrogens is 242 g/mol. The second-order valence-electron chi connectivity index (χ2n) is 4.12. The van der Waals surface area contributed by atoms with Crippen LogP contribution in [0.25, 0.3) is 0 Å². The van der Waals surface area contributed by atoms with Gasteiger partial charge in [-0.1, -0.05) is 31.2 Å². The van der Waals surface area contributed by atoms with Gasteiger partial charge in [0.2, 0.25) is 0 Å². The molecule has 0 aliphatic rings. The number of allylic oxidation sites excluding steroid dienone is 1. The monoisotopic (exact) mass is 261 g/mol. The number of para-hydroxylation sites is 1. The Morgan fingerprint density at radius 3 is 2.68 bits per heavy atom. The summed E-state index contributed by atoms with van der Waals surface area (Å²) in [6.07, 6.45) is 3.60. The van der Waals surface area contributed by atoms with Crippen LogP contribution >= 0.6 is 0 Å². The van der Waals surface area contributed by atoms with Gasteiger partial charge in [-0.3, -0.25) is 0 Å². The molecule has 19 heavy (non-hydrogen) atoms. The van der Waals surface area contributed by atoms with Gasteiger partial charge in [0.15, 0.2) is 0 Å². The third-order valence-electron chi connectivity index (χ3n) is 2.63. The van der Waals surface area contributed by atoms with Crippen LogP contribution in [-0.4, -0.2) is 18.0 Å². The van der Waals surface area contributed by atoms with Crippen LogP contribution in [0.2, 0.25) is 0 Å². The van der Waals surface area contributed by atoms with Gasteiger partial charge < -0.3 is 10.1 Å². The Hall–Kier alpha value is -2.10. The maximum atomic E-state index is 11.7. The fourth-order valence-electron chi connectivity index (χ4n) is 1.62. The van der Waals surface area contributed by atoms with Crippen molar-refractivity contribution < 1.29 is 14.3 Å². The summed E-state index contributed by atoms with van der Waals surface area (Å²) in [5, 5.41) is 3.06. The molecule has 0 saturated carbocycles. The van der Waals surface area contributed by atoms with Crippen LogP contribution < -0.4 is 5.32 Å². The number of carbonyl (C=O) groups excluding carboxylic acids is 2. The van der Waals surface area contributed by atoms with E-state index in [0.717, 1.165) is 17.7 Å². The summed E-state index contributed by atoms with van der Waals surface area (Å²) in [6.45, 7) is 5.39. The number of ether oxygens (including phenoxy) is 1. The highest BCUT2D eigenvalue weighted by Gasteiger charge is 2.17. The molecule has 102 valence electrons. The zero-order valence-corrected chi connectivity index (χ0v) is 11.5. The lowest BCUT2D eigenvalue weighted by atomic mass is 10.1. The predicted molar refractivity (Wildman–Crippen MR) is 74.8 cm³/mol. The van der Waals surface area contributed by atoms with Crippen molar-refractivity contribution in [2.45, 2.75) is 33.2 Å². The molecule has 0 bridgehead atoms. The van der Waals surface area contributed by atoms with E-state index in [4.69, 9.17) is 0 Å². The van der Waals surface area contributed by atoms with Crippen molar-refractivity contribution in [2.75, 3.05) is 5.32 Å². The van der Waals surface area contributed by atoms with Gasteiger partial charge in [-0.2, -0.15) is 0 Å². The Morgan fingerprint density at radius 2 is 2.05 bits per heavy atom. The summed E-state index contributed by atoms with van der Waals surface area (Å²) in [5.74, 6) is -1.24. The highest BCUT2D eigenvalue weighted by molar-refractivity contribution is 5.94. The topological polar surface area (TPSA) is 55.4 Å². The molecule has 0 aromatic heterocycles. The third kappa shape index (κ3) is 4.58. The zero-order chi connectivity index (χ0) is 14.3. The number of esters is 2. The van der Waals surface area contributed by atoms with E-state index in [1.807, 2.05) is 31.2 Å². The molecule has 4 heteroatoms. The average Bonchev–Trinajstić information content (AvgIpc) is 2.39. The Morgan fingerprint density at radius 1 is 1.37 bits per heavy atom. The number of benzene rings is 1. The lowest BCUT2D eigenvalue weighted by Gasteiger charge is -2.15. The summed E-state index contributed by atoms with van der Waals surface area (Å²) >= 11 is 0. The molecule has 0 aliphatic carbocycles. The highest BCUT2D eigenvalue weighted by atomic mass is 16.6. The molecule has 1 unspecified atom stereocenters. The fourth-order valence-corrected chi connectivity index (χ4v) is 1.62. The zero-order valence-electron chi connectivity index (χ0n) is 11.5. The van der Waals surface area contributed by atoms with Crippen LogP contribution in [0.5, 0.6) is 0 Å². The normalized spacial score (nSPS) is 12.2. The summed E-state index contributed by atoms with van der Waals surface area (Å²) in [5.41, 5.74) is 2.00. The maximum Gasteiger partial charge on any atom is 0.338 e. The van der Waals surface area contributed by atoms with Crippen LogP contribution in [0.4, 0.5) is 5.69 Å². The number of rotatable bonds is 5. The summed E-state index contributed by atoms with van der Waals surface area (Å²) < 4.78 is 4.67. The first-order valence-corrected chi connectivity index (χ1v) is 6.31. The van der Waals surface area contributed by atoms with E-state index >= 15 is 0 Å². The molecule has 4 nitrogen and oxygen atoms in total. The molecule has 0 fully saturated rings. The molecule has 0 amide bonds. The van der Waals surface area contributed by atoms with Crippen molar-refractivity contribution >= 4 is 17.6 Å². The van der Waals surface area contributed by atoms with E-state index in [1.54, 1.807) is 13.8 Å².